The highest BCUT2D eigenvalue weighted by atomic mass is 31.2. The quantitative estimate of drug-likeness (QED) is 0.0270. The summed E-state index contributed by atoms with van der Waals surface area (Å²) >= 11 is 0. The van der Waals surface area contributed by atoms with Crippen LogP contribution in [0.25, 0.3) is 0 Å². The summed E-state index contributed by atoms with van der Waals surface area (Å²) in [6.07, 6.45) is 43.1. The van der Waals surface area contributed by atoms with Crippen LogP contribution in [0, 0.1) is 0 Å². The van der Waals surface area contributed by atoms with E-state index in [1.807, 2.05) is 0 Å². The molecule has 0 fully saturated rings. The van der Waals surface area contributed by atoms with E-state index >= 15 is 0 Å². The van der Waals surface area contributed by atoms with Gasteiger partial charge in [0.25, 0.3) is 0 Å². The monoisotopic (exact) mass is 770 g/mol. The van der Waals surface area contributed by atoms with Gasteiger partial charge in [0, 0.05) is 19.4 Å². The summed E-state index contributed by atoms with van der Waals surface area (Å²) in [5.74, 6) is -0.861. The Morgan fingerprint density at radius 1 is 0.566 bits per heavy atom. The third kappa shape index (κ3) is 39.7. The molecule has 0 aromatic carbocycles. The smallest absolute Gasteiger partial charge is 0.462 e. The fourth-order valence-corrected chi connectivity index (χ4v) is 6.54. The van der Waals surface area contributed by atoms with Crippen molar-refractivity contribution in [2.24, 2.45) is 5.73 Å². The van der Waals surface area contributed by atoms with Crippen molar-refractivity contribution < 1.29 is 37.6 Å². The predicted octanol–water partition coefficient (Wildman–Crippen LogP) is 12.2. The van der Waals surface area contributed by atoms with E-state index in [1.54, 1.807) is 0 Å². The third-order valence-corrected chi connectivity index (χ3v) is 9.98. The van der Waals surface area contributed by atoms with Gasteiger partial charge >= 0.3 is 19.8 Å². The zero-order valence-corrected chi connectivity index (χ0v) is 34.9. The summed E-state index contributed by atoms with van der Waals surface area (Å²) in [6, 6.07) is 0. The first-order chi connectivity index (χ1) is 25.8. The normalized spacial score (nSPS) is 13.7. The summed E-state index contributed by atoms with van der Waals surface area (Å²) in [6.45, 7) is 3.68. The van der Waals surface area contributed by atoms with Gasteiger partial charge in [-0.25, -0.2) is 4.57 Å². The Morgan fingerprint density at radius 2 is 0.981 bits per heavy atom. The fraction of sp³-hybridized carbons (Fsp3) is 0.814. The second kappa shape index (κ2) is 39.9. The highest BCUT2D eigenvalue weighted by Gasteiger charge is 2.26. The van der Waals surface area contributed by atoms with Crippen LogP contribution in [0.4, 0.5) is 0 Å². The van der Waals surface area contributed by atoms with E-state index in [0.29, 0.717) is 12.8 Å². The molecule has 0 aliphatic rings. The average Bonchev–Trinajstić information content (AvgIpc) is 3.14. The molecular formula is C43H80NO8P. The predicted molar refractivity (Wildman–Crippen MR) is 220 cm³/mol. The first kappa shape index (κ1) is 51.2. The second-order valence-corrected chi connectivity index (χ2v) is 15.7. The lowest BCUT2D eigenvalue weighted by Crippen LogP contribution is -2.29. The van der Waals surface area contributed by atoms with Gasteiger partial charge in [0.1, 0.15) is 6.61 Å². The zero-order valence-electron chi connectivity index (χ0n) is 34.0. The number of hydrogen-bond acceptors (Lipinski definition) is 8. The SMILES string of the molecule is CCCCC/C=C/C/C=C/CCCCCCCCCC(=O)O[C@H](COC(=O)CCCC/C=C/CCCCCCCCCCC)COP(=O)(O)OCCN. The largest absolute Gasteiger partial charge is 0.472 e. The highest BCUT2D eigenvalue weighted by Crippen LogP contribution is 2.43. The number of carbonyl (C=O) groups is 2. The van der Waals surface area contributed by atoms with E-state index in [1.165, 1.54) is 103 Å². The number of rotatable bonds is 40. The minimum Gasteiger partial charge on any atom is -0.462 e. The van der Waals surface area contributed by atoms with Crippen LogP contribution in [-0.4, -0.2) is 49.3 Å². The van der Waals surface area contributed by atoms with Gasteiger partial charge in [0.05, 0.1) is 13.2 Å². The number of allylic oxidation sites excluding steroid dienone is 6. The molecule has 0 rings (SSSR count). The highest BCUT2D eigenvalue weighted by molar-refractivity contribution is 7.47. The molecule has 9 nitrogen and oxygen atoms in total. The van der Waals surface area contributed by atoms with Gasteiger partial charge in [-0.15, -0.1) is 0 Å². The summed E-state index contributed by atoms with van der Waals surface area (Å²) in [7, 11) is -4.38. The molecule has 0 aliphatic heterocycles. The van der Waals surface area contributed by atoms with Crippen molar-refractivity contribution in [3.05, 3.63) is 36.5 Å². The summed E-state index contributed by atoms with van der Waals surface area (Å²) in [4.78, 5) is 34.8. The summed E-state index contributed by atoms with van der Waals surface area (Å²) in [5.41, 5.74) is 5.34. The Bertz CT molecular complexity index is 970. The Balaban J connectivity index is 4.20. The van der Waals surface area contributed by atoms with Crippen LogP contribution in [0.1, 0.15) is 194 Å². The van der Waals surface area contributed by atoms with Crippen molar-refractivity contribution in [3.63, 3.8) is 0 Å². The molecule has 1 unspecified atom stereocenters. The van der Waals surface area contributed by atoms with Crippen molar-refractivity contribution >= 4 is 19.8 Å². The molecule has 0 radical (unpaired) electrons. The third-order valence-electron chi connectivity index (χ3n) is 9.00. The van der Waals surface area contributed by atoms with Crippen molar-refractivity contribution in [2.45, 2.75) is 200 Å². The first-order valence-corrected chi connectivity index (χ1v) is 23.0. The fourth-order valence-electron chi connectivity index (χ4n) is 5.78. The number of phosphoric ester groups is 1. The molecule has 10 heteroatoms. The van der Waals surface area contributed by atoms with Crippen LogP contribution < -0.4 is 5.73 Å². The van der Waals surface area contributed by atoms with Crippen LogP contribution in [0.15, 0.2) is 36.5 Å². The van der Waals surface area contributed by atoms with E-state index in [0.717, 1.165) is 51.4 Å². The summed E-state index contributed by atoms with van der Waals surface area (Å²) < 4.78 is 32.7. The van der Waals surface area contributed by atoms with E-state index in [9.17, 15) is 19.0 Å². The lowest BCUT2D eigenvalue weighted by Gasteiger charge is -2.19. The van der Waals surface area contributed by atoms with Gasteiger partial charge in [-0.2, -0.15) is 0 Å². The Kier molecular flexibility index (Phi) is 38.6. The lowest BCUT2D eigenvalue weighted by molar-refractivity contribution is -0.161. The Hall–Kier alpha value is -1.77. The number of nitrogens with two attached hydrogens (primary N) is 1. The molecule has 2 atom stereocenters. The molecule has 0 aromatic rings. The second-order valence-electron chi connectivity index (χ2n) is 14.2. The van der Waals surface area contributed by atoms with Crippen LogP contribution in [0.5, 0.6) is 0 Å². The number of ether oxygens (including phenoxy) is 2. The van der Waals surface area contributed by atoms with Gasteiger partial charge < -0.3 is 20.1 Å². The molecule has 0 bridgehead atoms. The average molecular weight is 770 g/mol. The number of phosphoric acid groups is 1. The topological polar surface area (TPSA) is 134 Å². The Labute approximate surface area is 324 Å². The first-order valence-electron chi connectivity index (χ1n) is 21.5. The van der Waals surface area contributed by atoms with Gasteiger partial charge in [-0.3, -0.25) is 18.6 Å². The van der Waals surface area contributed by atoms with Crippen LogP contribution in [-0.2, 0) is 32.7 Å². The maximum absolute atomic E-state index is 12.6. The van der Waals surface area contributed by atoms with Gasteiger partial charge in [-0.1, -0.05) is 147 Å². The molecule has 0 spiro atoms. The molecule has 0 heterocycles. The molecule has 3 N–H and O–H groups in total. The molecule has 0 aliphatic carbocycles. The lowest BCUT2D eigenvalue weighted by atomic mass is 10.1. The standard InChI is InChI=1S/C43H80NO8P/c1-3-5-7-9-11-13-15-17-19-20-22-24-26-28-30-32-34-36-43(46)52-41(40-51-53(47,48)50-38-37-44)39-49-42(45)35-33-31-29-27-25-23-21-18-16-14-12-10-8-6-4-2/h11,13,17,19,25,27,41H,3-10,12,14-16,18,20-24,26,28-40,44H2,1-2H3,(H,47,48)/b13-11+,19-17+,27-25+/t41-/m1/s1. The van der Waals surface area contributed by atoms with Crippen molar-refractivity contribution in [1.29, 1.82) is 0 Å². The van der Waals surface area contributed by atoms with Crippen molar-refractivity contribution in [3.8, 4) is 0 Å². The van der Waals surface area contributed by atoms with Gasteiger partial charge in [0.2, 0.25) is 0 Å². The number of unbranched alkanes of at least 4 members (excludes halogenated alkanes) is 21. The number of esters is 2. The minimum absolute atomic E-state index is 0.0493. The van der Waals surface area contributed by atoms with Crippen molar-refractivity contribution in [2.75, 3.05) is 26.4 Å². The zero-order chi connectivity index (χ0) is 38.9. The van der Waals surface area contributed by atoms with Crippen LogP contribution in [0.3, 0.4) is 0 Å². The molecule has 310 valence electrons. The van der Waals surface area contributed by atoms with Crippen LogP contribution in [0.2, 0.25) is 0 Å². The molecule has 0 aromatic heterocycles. The molecule has 53 heavy (non-hydrogen) atoms. The maximum Gasteiger partial charge on any atom is 0.472 e. The molecule has 0 amide bonds. The van der Waals surface area contributed by atoms with Crippen LogP contribution >= 0.6 is 7.82 Å². The molecule has 0 saturated heterocycles. The molecular weight excluding hydrogens is 689 g/mol. The van der Waals surface area contributed by atoms with E-state index < -0.39 is 32.5 Å². The Morgan fingerprint density at radius 3 is 1.53 bits per heavy atom. The maximum atomic E-state index is 12.6. The minimum atomic E-state index is -4.38. The number of hydrogen-bond donors (Lipinski definition) is 2. The number of carbonyl (C=O) groups excluding carboxylic acids is 2. The van der Waals surface area contributed by atoms with E-state index in [2.05, 4.69) is 50.3 Å². The van der Waals surface area contributed by atoms with E-state index in [4.69, 9.17) is 24.3 Å². The molecule has 0 saturated carbocycles. The van der Waals surface area contributed by atoms with E-state index in [-0.39, 0.29) is 32.6 Å². The van der Waals surface area contributed by atoms with Gasteiger partial charge in [-0.05, 0) is 70.6 Å². The van der Waals surface area contributed by atoms with Crippen molar-refractivity contribution in [1.82, 2.24) is 0 Å². The van der Waals surface area contributed by atoms with Gasteiger partial charge in [0.15, 0.2) is 6.10 Å². The summed E-state index contributed by atoms with van der Waals surface area (Å²) in [5, 5.41) is 0.